The topological polar surface area (TPSA) is 65.1 Å². The average Bonchev–Trinajstić information content (AvgIpc) is 2.98. The largest absolute Gasteiger partial charge is 0.497 e. The highest BCUT2D eigenvalue weighted by Gasteiger charge is 2.19. The van der Waals surface area contributed by atoms with Gasteiger partial charge >= 0.3 is 0 Å². The number of hydrogen-bond acceptors (Lipinski definition) is 5. The molecule has 0 heterocycles. The van der Waals surface area contributed by atoms with Gasteiger partial charge in [-0.15, -0.1) is 0 Å². The molecule has 0 saturated heterocycles. The van der Waals surface area contributed by atoms with Crippen molar-refractivity contribution in [2.75, 3.05) is 26.5 Å². The highest BCUT2D eigenvalue weighted by atomic mass is 32.2. The van der Waals surface area contributed by atoms with Gasteiger partial charge in [0.25, 0.3) is 5.91 Å². The zero-order valence-corrected chi connectivity index (χ0v) is 22.4. The summed E-state index contributed by atoms with van der Waals surface area (Å²) in [5.41, 5.74) is 2.45. The molecule has 1 amide bonds. The maximum atomic E-state index is 13.5. The molecule has 38 heavy (non-hydrogen) atoms. The Hall–Kier alpha value is -4.10. The minimum Gasteiger partial charge on any atom is -0.497 e. The molecule has 196 valence electrons. The quantitative estimate of drug-likeness (QED) is 0.234. The van der Waals surface area contributed by atoms with E-state index in [9.17, 15) is 9.00 Å². The van der Waals surface area contributed by atoms with Crippen molar-refractivity contribution in [1.29, 1.82) is 0 Å². The second-order valence-corrected chi connectivity index (χ2v) is 10.1. The zero-order valence-electron chi connectivity index (χ0n) is 21.5. The van der Waals surface area contributed by atoms with E-state index < -0.39 is 10.8 Å². The zero-order chi connectivity index (χ0) is 26.7. The molecule has 0 aliphatic rings. The molecule has 0 N–H and O–H groups in total. The van der Waals surface area contributed by atoms with Crippen molar-refractivity contribution < 1.29 is 23.2 Å². The van der Waals surface area contributed by atoms with Crippen molar-refractivity contribution in [1.82, 2.24) is 4.90 Å². The van der Waals surface area contributed by atoms with Crippen molar-refractivity contribution in [2.24, 2.45) is 0 Å². The summed E-state index contributed by atoms with van der Waals surface area (Å²) < 4.78 is 29.7. The second-order valence-electron chi connectivity index (χ2n) is 8.58. The molecule has 0 radical (unpaired) electrons. The molecule has 0 aliphatic carbocycles. The Morgan fingerprint density at radius 3 is 2.11 bits per heavy atom. The van der Waals surface area contributed by atoms with E-state index in [1.54, 1.807) is 43.4 Å². The van der Waals surface area contributed by atoms with Crippen molar-refractivity contribution in [2.45, 2.75) is 18.0 Å². The van der Waals surface area contributed by atoms with Crippen LogP contribution in [-0.2, 0) is 24.0 Å². The summed E-state index contributed by atoms with van der Waals surface area (Å²) >= 11 is 0. The number of methoxy groups -OCH3 is 2. The molecular formula is C31H31NO5S. The summed E-state index contributed by atoms with van der Waals surface area (Å²) in [4.78, 5) is 16.0. The van der Waals surface area contributed by atoms with Gasteiger partial charge in [0.15, 0.2) is 11.5 Å². The van der Waals surface area contributed by atoms with Crippen LogP contribution in [-0.4, -0.2) is 41.5 Å². The Labute approximate surface area is 226 Å². The molecule has 0 bridgehead atoms. The fourth-order valence-electron chi connectivity index (χ4n) is 3.94. The summed E-state index contributed by atoms with van der Waals surface area (Å²) in [6.45, 7) is 1.03. The van der Waals surface area contributed by atoms with Crippen LogP contribution in [0.3, 0.4) is 0 Å². The summed E-state index contributed by atoms with van der Waals surface area (Å²) in [6, 6.07) is 31.8. The van der Waals surface area contributed by atoms with E-state index in [1.807, 2.05) is 78.9 Å². The van der Waals surface area contributed by atoms with Crippen LogP contribution in [0.5, 0.6) is 17.2 Å². The van der Waals surface area contributed by atoms with Gasteiger partial charge in [-0.1, -0.05) is 54.6 Å². The van der Waals surface area contributed by atoms with Crippen LogP contribution in [0.1, 0.15) is 21.5 Å². The van der Waals surface area contributed by atoms with Crippen molar-refractivity contribution in [3.05, 3.63) is 120 Å². The third kappa shape index (κ3) is 7.23. The van der Waals surface area contributed by atoms with E-state index >= 15 is 0 Å². The average molecular weight is 530 g/mol. The van der Waals surface area contributed by atoms with Gasteiger partial charge in [-0.25, -0.2) is 0 Å². The van der Waals surface area contributed by atoms with E-state index in [0.29, 0.717) is 48.3 Å². The first-order chi connectivity index (χ1) is 18.6. The first kappa shape index (κ1) is 26.9. The molecule has 0 aromatic heterocycles. The molecule has 0 fully saturated rings. The van der Waals surface area contributed by atoms with Gasteiger partial charge in [0.05, 0.1) is 25.0 Å². The Balaban J connectivity index is 1.54. The molecule has 4 rings (SSSR count). The predicted molar refractivity (Wildman–Crippen MR) is 149 cm³/mol. The van der Waals surface area contributed by atoms with Gasteiger partial charge in [-0.05, 0) is 59.7 Å². The molecule has 1 atom stereocenters. The van der Waals surface area contributed by atoms with Crippen molar-refractivity contribution in [3.63, 3.8) is 0 Å². The minimum atomic E-state index is -1.23. The lowest BCUT2D eigenvalue weighted by Crippen LogP contribution is -2.34. The van der Waals surface area contributed by atoms with Crippen LogP contribution in [0.2, 0.25) is 0 Å². The molecule has 0 spiro atoms. The van der Waals surface area contributed by atoms with E-state index in [2.05, 4.69) is 0 Å². The fourth-order valence-corrected chi connectivity index (χ4v) is 5.02. The van der Waals surface area contributed by atoms with Crippen LogP contribution in [0.15, 0.2) is 108 Å². The number of benzene rings is 4. The SMILES string of the molecule is COc1ccc(C(=O)N(CCS(=O)c2ccccc2)Cc2ccc(OC)c(OCc3ccccc3)c2)cc1. The number of ether oxygens (including phenoxy) is 3. The third-order valence-electron chi connectivity index (χ3n) is 6.02. The third-order valence-corrected chi connectivity index (χ3v) is 7.37. The van der Waals surface area contributed by atoms with Gasteiger partial charge < -0.3 is 19.1 Å². The van der Waals surface area contributed by atoms with E-state index in [0.717, 1.165) is 16.0 Å². The second kappa shape index (κ2) is 13.4. The van der Waals surface area contributed by atoms with Crippen LogP contribution >= 0.6 is 0 Å². The van der Waals surface area contributed by atoms with E-state index in [4.69, 9.17) is 14.2 Å². The molecule has 4 aromatic rings. The summed E-state index contributed by atoms with van der Waals surface area (Å²) in [6.07, 6.45) is 0. The van der Waals surface area contributed by atoms with Gasteiger partial charge in [0.1, 0.15) is 12.4 Å². The number of amides is 1. The minimum absolute atomic E-state index is 0.153. The molecular weight excluding hydrogens is 498 g/mol. The van der Waals surface area contributed by atoms with Gasteiger partial charge in [-0.3, -0.25) is 9.00 Å². The number of carbonyl (C=O) groups excluding carboxylic acids is 1. The van der Waals surface area contributed by atoms with E-state index in [-0.39, 0.29) is 5.91 Å². The maximum Gasteiger partial charge on any atom is 0.254 e. The normalized spacial score (nSPS) is 11.4. The molecule has 0 saturated carbocycles. The standard InChI is InChI=1S/C31H31NO5S/c1-35-27-16-14-26(15-17-27)31(33)32(19-20-38(34)28-11-7-4-8-12-28)22-25-13-18-29(36-2)30(21-25)37-23-24-9-5-3-6-10-24/h3-18,21H,19-20,22-23H2,1-2H3. The Morgan fingerprint density at radius 2 is 1.45 bits per heavy atom. The van der Waals surface area contributed by atoms with Crippen LogP contribution in [0.25, 0.3) is 0 Å². The maximum absolute atomic E-state index is 13.5. The van der Waals surface area contributed by atoms with Gasteiger partial charge in [0, 0.05) is 29.3 Å². The lowest BCUT2D eigenvalue weighted by Gasteiger charge is -2.24. The summed E-state index contributed by atoms with van der Waals surface area (Å²) in [5, 5.41) is 0. The molecule has 4 aromatic carbocycles. The Kier molecular flexibility index (Phi) is 9.54. The lowest BCUT2D eigenvalue weighted by molar-refractivity contribution is 0.0754. The smallest absolute Gasteiger partial charge is 0.254 e. The van der Waals surface area contributed by atoms with Gasteiger partial charge in [0.2, 0.25) is 0 Å². The highest BCUT2D eigenvalue weighted by molar-refractivity contribution is 7.85. The lowest BCUT2D eigenvalue weighted by atomic mass is 10.1. The summed E-state index contributed by atoms with van der Waals surface area (Å²) in [5.74, 6) is 2.05. The number of hydrogen-bond donors (Lipinski definition) is 0. The summed E-state index contributed by atoms with van der Waals surface area (Å²) in [7, 11) is 1.95. The Bertz CT molecular complexity index is 1340. The fraction of sp³-hybridized carbons (Fsp3) is 0.194. The number of carbonyl (C=O) groups is 1. The van der Waals surface area contributed by atoms with Crippen LogP contribution < -0.4 is 14.2 Å². The highest BCUT2D eigenvalue weighted by Crippen LogP contribution is 2.30. The molecule has 7 heteroatoms. The first-order valence-electron chi connectivity index (χ1n) is 12.3. The van der Waals surface area contributed by atoms with Crippen molar-refractivity contribution >= 4 is 16.7 Å². The van der Waals surface area contributed by atoms with Gasteiger partial charge in [-0.2, -0.15) is 0 Å². The predicted octanol–water partition coefficient (Wildman–Crippen LogP) is 5.73. The van der Waals surface area contributed by atoms with Crippen LogP contribution in [0.4, 0.5) is 0 Å². The Morgan fingerprint density at radius 1 is 0.763 bits per heavy atom. The molecule has 0 aliphatic heterocycles. The number of nitrogens with zero attached hydrogens (tertiary/aromatic N) is 1. The number of rotatable bonds is 12. The molecule has 1 unspecified atom stereocenters. The molecule has 6 nitrogen and oxygen atoms in total. The van der Waals surface area contributed by atoms with E-state index in [1.165, 1.54) is 0 Å². The van der Waals surface area contributed by atoms with Crippen molar-refractivity contribution in [3.8, 4) is 17.2 Å². The first-order valence-corrected chi connectivity index (χ1v) is 13.6. The van der Waals surface area contributed by atoms with Crippen LogP contribution in [0, 0.1) is 0 Å². The monoisotopic (exact) mass is 529 g/mol.